The third-order valence-corrected chi connectivity index (χ3v) is 22.0. The number of hydrogen-bond donors (Lipinski definition) is 3. The van der Waals surface area contributed by atoms with Crippen LogP contribution in [0.25, 0.3) is 0 Å². The first-order valence-electron chi connectivity index (χ1n) is 36.9. The van der Waals surface area contributed by atoms with E-state index in [1.807, 2.05) is 13.8 Å². The average Bonchev–Trinajstić information content (AvgIpc) is 1.41. The van der Waals surface area contributed by atoms with E-state index in [0.29, 0.717) is 31.4 Å². The van der Waals surface area contributed by atoms with Gasteiger partial charge in [-0.25, -0.2) is 8.78 Å². The summed E-state index contributed by atoms with van der Waals surface area (Å²) in [5.41, 5.74) is -5.20. The van der Waals surface area contributed by atoms with E-state index < -0.39 is 210 Å². The van der Waals surface area contributed by atoms with Crippen molar-refractivity contribution in [3.63, 3.8) is 0 Å². The number of morpholine rings is 1. The number of carbonyl (C=O) groups is 12. The quantitative estimate of drug-likeness (QED) is 0.207. The number of ether oxygens (including phenoxy) is 1. The summed E-state index contributed by atoms with van der Waals surface area (Å²) >= 11 is 0. The number of nitrogens with zero attached hydrogens (tertiary/aromatic N) is 9. The van der Waals surface area contributed by atoms with Crippen LogP contribution in [0.15, 0.2) is 36.4 Å². The molecule has 0 bridgehead atoms. The Morgan fingerprint density at radius 1 is 0.626 bits per heavy atom. The predicted octanol–water partition coefficient (Wildman–Crippen LogP) is 5.57. The topological polar surface area (TPSA) is 279 Å². The molecule has 0 aromatic heterocycles. The first-order valence-corrected chi connectivity index (χ1v) is 36.9. The fourth-order valence-electron chi connectivity index (χ4n) is 14.9. The van der Waals surface area contributed by atoms with Gasteiger partial charge in [-0.3, -0.25) is 57.5 Å². The molecule has 1 aliphatic carbocycles. The Labute approximate surface area is 619 Å². The van der Waals surface area contributed by atoms with Gasteiger partial charge < -0.3 is 64.8 Å². The summed E-state index contributed by atoms with van der Waals surface area (Å²) in [5.74, 6) is -15.2. The zero-order chi connectivity index (χ0) is 79.6. The van der Waals surface area contributed by atoms with E-state index in [4.69, 9.17) is 4.74 Å². The highest BCUT2D eigenvalue weighted by Gasteiger charge is 2.52. The zero-order valence-electron chi connectivity index (χ0n) is 63.3. The lowest BCUT2D eigenvalue weighted by atomic mass is 9.90. The molecular weight excluding hydrogens is 1420 g/mol. The lowest BCUT2D eigenvalue weighted by molar-refractivity contribution is -0.161. The van der Waals surface area contributed by atoms with Gasteiger partial charge in [0, 0.05) is 74.4 Å². The van der Waals surface area contributed by atoms with E-state index >= 15 is 42.3 Å². The van der Waals surface area contributed by atoms with Crippen LogP contribution in [-0.2, 0) is 87.5 Å². The Morgan fingerprint density at radius 3 is 1.77 bits per heavy atom. The summed E-state index contributed by atoms with van der Waals surface area (Å²) in [5, 5.41) is 8.32. The molecule has 2 aromatic carbocycles. The monoisotopic (exact) mass is 1520 g/mol. The van der Waals surface area contributed by atoms with Crippen LogP contribution in [0.1, 0.15) is 155 Å². The van der Waals surface area contributed by atoms with Crippen molar-refractivity contribution in [2.24, 2.45) is 17.8 Å². The Bertz CT molecular complexity index is 3570. The fraction of sp³-hybridized carbons (Fsp3) is 0.676. The Balaban J connectivity index is 1.33. The summed E-state index contributed by atoms with van der Waals surface area (Å²) in [6.07, 6.45) is -10.8. The highest BCUT2D eigenvalue weighted by molar-refractivity contribution is 6.01. The van der Waals surface area contributed by atoms with Gasteiger partial charge >= 0.3 is 12.4 Å². The second kappa shape index (κ2) is 36.1. The van der Waals surface area contributed by atoms with Crippen LogP contribution in [0, 0.1) is 29.4 Å². The van der Waals surface area contributed by atoms with Crippen molar-refractivity contribution in [3.8, 4) is 0 Å². The molecule has 5 fully saturated rings. The summed E-state index contributed by atoms with van der Waals surface area (Å²) in [4.78, 5) is 191. The second-order valence-electron chi connectivity index (χ2n) is 29.6. The zero-order valence-corrected chi connectivity index (χ0v) is 63.3. The minimum absolute atomic E-state index is 0.0207. The number of hydrogen-bond acceptors (Lipinski definition) is 13. The molecule has 25 nitrogen and oxygen atoms in total. The molecule has 0 radical (unpaired) electrons. The van der Waals surface area contributed by atoms with E-state index in [9.17, 15) is 50.3 Å². The molecular formula is C74H104F8N12O13. The molecule has 7 rings (SSSR count). The van der Waals surface area contributed by atoms with Crippen molar-refractivity contribution >= 4 is 70.9 Å². The number of benzene rings is 2. The van der Waals surface area contributed by atoms with Crippen LogP contribution in [-0.4, -0.2) is 263 Å². The van der Waals surface area contributed by atoms with Crippen LogP contribution < -0.4 is 16.0 Å². The predicted molar refractivity (Wildman–Crippen MR) is 374 cm³/mol. The van der Waals surface area contributed by atoms with Gasteiger partial charge in [0.15, 0.2) is 0 Å². The minimum atomic E-state index is -5.45. The van der Waals surface area contributed by atoms with Gasteiger partial charge in [-0.15, -0.1) is 0 Å². The van der Waals surface area contributed by atoms with Crippen molar-refractivity contribution in [2.75, 3.05) is 87.7 Å². The highest BCUT2D eigenvalue weighted by Crippen LogP contribution is 2.37. The standard InChI is InChI=1S/C74H104F8N12O13/c1-14-43(6)60-69(104)87(10)45(8)64(99)94-31-27-53(94)68(103)92(16-3)56(39-46-21-24-48(25-22-46)73(77,78)79)66(101)86(9)41-57(95)83-51(26-23-47-37-49(75)59(50(76)38-47)74(80,81)82)65(100)93-30-19-20-52(93)63(98)85-72(28-17-18-29-72)71(106)90(13)61(44(7)15-2)70(105)89(12)55(67(102)91-32-34-107-35-33-91)40-58(96)88(11)54(36-42(4)5)62(97)84-60/h21-22,24-25,37-38,42-45,51-56,60-61H,14-20,23,26-36,39-41H2,1-13H3,(H,83,95)(H,84,97)(H,85,98)/t43-,44-,45-,51-,52-,53-,54-,55-,56-,60-,61-/m0/s1. The maximum absolute atomic E-state index is 15.5. The number of halogens is 8. The lowest BCUT2D eigenvalue weighted by Crippen LogP contribution is -2.65. The summed E-state index contributed by atoms with van der Waals surface area (Å²) in [6.45, 7) is 12.6. The molecule has 2 aromatic rings. The van der Waals surface area contributed by atoms with Crippen LogP contribution in [0.2, 0.25) is 0 Å². The van der Waals surface area contributed by atoms with Crippen LogP contribution >= 0.6 is 0 Å². The van der Waals surface area contributed by atoms with Crippen molar-refractivity contribution < 1.29 is 97.4 Å². The molecule has 0 unspecified atom stereocenters. The molecule has 1 spiro atoms. The Morgan fingerprint density at radius 2 is 1.22 bits per heavy atom. The minimum Gasteiger partial charge on any atom is -0.378 e. The van der Waals surface area contributed by atoms with E-state index in [1.165, 1.54) is 56.7 Å². The molecule has 3 N–H and O–H groups in total. The van der Waals surface area contributed by atoms with Crippen molar-refractivity contribution in [1.82, 2.24) is 60.0 Å². The van der Waals surface area contributed by atoms with Crippen LogP contribution in [0.5, 0.6) is 0 Å². The first kappa shape index (κ1) is 85.7. The molecule has 107 heavy (non-hydrogen) atoms. The van der Waals surface area contributed by atoms with Gasteiger partial charge in [0.2, 0.25) is 70.9 Å². The number of likely N-dealkylation sites (N-methyl/N-ethyl adjacent to an activating group) is 6. The number of carbonyl (C=O) groups excluding carboxylic acids is 12. The summed E-state index contributed by atoms with van der Waals surface area (Å²) in [6, 6.07) is -8.35. The Kier molecular flexibility index (Phi) is 28.9. The number of rotatable bonds is 13. The number of nitrogens with one attached hydrogen (secondary N) is 3. The summed E-state index contributed by atoms with van der Waals surface area (Å²) in [7, 11) is 6.56. The smallest absolute Gasteiger partial charge is 0.378 e. The van der Waals surface area contributed by atoms with Crippen LogP contribution in [0.3, 0.4) is 0 Å². The number of amides is 12. The summed E-state index contributed by atoms with van der Waals surface area (Å²) < 4.78 is 119. The molecule has 1 saturated carbocycles. The number of alkyl halides is 6. The van der Waals surface area contributed by atoms with Gasteiger partial charge in [0.1, 0.15) is 77.1 Å². The third-order valence-electron chi connectivity index (χ3n) is 22.0. The largest absolute Gasteiger partial charge is 0.422 e. The fourth-order valence-corrected chi connectivity index (χ4v) is 14.9. The molecule has 4 heterocycles. The molecule has 4 aliphatic heterocycles. The van der Waals surface area contributed by atoms with Crippen molar-refractivity contribution in [1.29, 1.82) is 0 Å². The van der Waals surface area contributed by atoms with E-state index in [1.54, 1.807) is 27.7 Å². The lowest BCUT2D eigenvalue weighted by Gasteiger charge is -2.45. The average molecular weight is 1520 g/mol. The number of aryl methyl sites for hydroxylation is 1. The normalized spacial score (nSPS) is 26.1. The third kappa shape index (κ3) is 19.9. The molecule has 11 atom stereocenters. The maximum atomic E-state index is 15.5. The highest BCUT2D eigenvalue weighted by atomic mass is 19.4. The van der Waals surface area contributed by atoms with Gasteiger partial charge in [-0.05, 0) is 118 Å². The molecule has 12 amide bonds. The maximum Gasteiger partial charge on any atom is 0.422 e. The molecule has 4 saturated heterocycles. The van der Waals surface area contributed by atoms with Gasteiger partial charge in [-0.2, -0.15) is 26.3 Å². The van der Waals surface area contributed by atoms with Crippen LogP contribution in [0.4, 0.5) is 35.1 Å². The Hall–Kier alpha value is -8.52. The van der Waals surface area contributed by atoms with Gasteiger partial charge in [0.25, 0.3) is 0 Å². The van der Waals surface area contributed by atoms with Gasteiger partial charge in [-0.1, -0.05) is 79.4 Å². The van der Waals surface area contributed by atoms with Crippen molar-refractivity contribution in [3.05, 3.63) is 70.3 Å². The molecule has 594 valence electrons. The molecule has 5 aliphatic rings. The second-order valence-corrected chi connectivity index (χ2v) is 29.6. The van der Waals surface area contributed by atoms with Gasteiger partial charge in [0.05, 0.1) is 31.7 Å². The molecule has 33 heteroatoms. The van der Waals surface area contributed by atoms with E-state index in [0.717, 1.165) is 60.7 Å². The van der Waals surface area contributed by atoms with E-state index in [-0.39, 0.29) is 108 Å². The SMILES string of the molecule is CC[C@H](C)[C@@H]1NC(=O)[C@H](CC(C)C)N(C)C(=O)C[C@@H](C(=O)N2CCOCC2)N(C)C(=O)[C@H]([C@@H](C)CC)N(C)C(=O)C2(CCCC2)NC(=O)[C@@H]2CCCN2C(=O)[C@H](CCc2cc(F)c(C(F)(F)F)c(F)c2)NC(=O)CN(C)C(=O)[C@H](Cc2ccc(C(F)(F)F)cc2)N(CC)C(=O)[C@@H]2CCN2C(=O)[C@H](C)N(C)C1=O. The van der Waals surface area contributed by atoms with Crippen molar-refractivity contribution in [2.45, 2.75) is 218 Å². The first-order chi connectivity index (χ1) is 50.1. The van der Waals surface area contributed by atoms with E-state index in [2.05, 4.69) is 16.0 Å². The number of fused-ring (bicyclic) bond motifs is 2.